The first-order valence-electron chi connectivity index (χ1n) is 6.60. The van der Waals surface area contributed by atoms with Crippen LogP contribution in [0.5, 0.6) is 0 Å². The molecule has 22 heavy (non-hydrogen) atoms. The molecule has 0 spiro atoms. The summed E-state index contributed by atoms with van der Waals surface area (Å²) in [5.41, 5.74) is 2.04. The summed E-state index contributed by atoms with van der Waals surface area (Å²) in [6.45, 7) is 6.38. The van der Waals surface area contributed by atoms with Crippen LogP contribution in [0, 0.1) is 11.7 Å². The van der Waals surface area contributed by atoms with Crippen LogP contribution in [-0.2, 0) is 6.54 Å². The Labute approximate surface area is 145 Å². The molecule has 0 radical (unpaired) electrons. The first kappa shape index (κ1) is 15.3. The molecule has 0 aliphatic heterocycles. The summed E-state index contributed by atoms with van der Waals surface area (Å²) < 4.78 is 3.57. The van der Waals surface area contributed by atoms with Crippen LogP contribution in [0.1, 0.15) is 5.69 Å². The number of allylic oxidation sites excluding steroid dienone is 1. The minimum Gasteiger partial charge on any atom is -0.296 e. The van der Waals surface area contributed by atoms with Gasteiger partial charge in [0, 0.05) is 16.6 Å². The van der Waals surface area contributed by atoms with Gasteiger partial charge in [0.15, 0.2) is 10.6 Å². The Morgan fingerprint density at radius 3 is 2.82 bits per heavy atom. The molecular weight excluding hydrogens is 380 g/mol. The van der Waals surface area contributed by atoms with Crippen molar-refractivity contribution in [1.82, 2.24) is 19.7 Å². The Kier molecular flexibility index (Phi) is 4.37. The normalized spacial score (nSPS) is 10.8. The number of aromatic nitrogens is 4. The lowest BCUT2D eigenvalue weighted by Gasteiger charge is -2.01. The molecule has 112 valence electrons. The molecule has 0 saturated heterocycles. The summed E-state index contributed by atoms with van der Waals surface area (Å²) in [5.74, 6) is 0.809. The number of aromatic amines is 1. The van der Waals surface area contributed by atoms with E-state index in [1.54, 1.807) is 17.4 Å². The molecule has 3 aromatic rings. The Morgan fingerprint density at radius 2 is 2.14 bits per heavy atom. The van der Waals surface area contributed by atoms with E-state index in [4.69, 9.17) is 12.2 Å². The monoisotopic (exact) mass is 392 g/mol. The largest absolute Gasteiger partial charge is 0.296 e. The van der Waals surface area contributed by atoms with Gasteiger partial charge in [0.05, 0.1) is 10.6 Å². The summed E-state index contributed by atoms with van der Waals surface area (Å²) in [7, 11) is 0. The van der Waals surface area contributed by atoms with Crippen molar-refractivity contribution in [3.05, 3.63) is 51.9 Å². The molecule has 0 saturated carbocycles. The van der Waals surface area contributed by atoms with Crippen LogP contribution >= 0.6 is 39.5 Å². The molecular formula is C15H13BrN4S2. The Morgan fingerprint density at radius 1 is 1.41 bits per heavy atom. The van der Waals surface area contributed by atoms with Crippen molar-refractivity contribution in [2.75, 3.05) is 0 Å². The van der Waals surface area contributed by atoms with E-state index in [1.807, 2.05) is 35.8 Å². The van der Waals surface area contributed by atoms with E-state index in [1.165, 1.54) is 0 Å². The predicted octanol–water partition coefficient (Wildman–Crippen LogP) is 4.99. The number of hydrogen-bond acceptors (Lipinski definition) is 4. The van der Waals surface area contributed by atoms with E-state index >= 15 is 0 Å². The molecule has 0 aliphatic rings. The number of halogens is 1. The van der Waals surface area contributed by atoms with Crippen molar-refractivity contribution in [2.24, 2.45) is 0 Å². The van der Waals surface area contributed by atoms with Gasteiger partial charge in [-0.15, -0.1) is 17.9 Å². The first-order chi connectivity index (χ1) is 10.6. The molecule has 2 heterocycles. The third-order valence-corrected chi connectivity index (χ3v) is 5.20. The Balaban J connectivity index is 2.08. The van der Waals surface area contributed by atoms with Gasteiger partial charge in [-0.1, -0.05) is 34.1 Å². The molecule has 0 bridgehead atoms. The zero-order chi connectivity index (χ0) is 15.7. The second-order valence-electron chi connectivity index (χ2n) is 4.69. The summed E-state index contributed by atoms with van der Waals surface area (Å²) in [5, 5.41) is 8.16. The number of H-pyrrole nitrogens is 1. The second-order valence-corrected chi connectivity index (χ2v) is 6.99. The summed E-state index contributed by atoms with van der Waals surface area (Å²) in [4.78, 5) is 5.69. The SMILES string of the molecule is C=CCn1c(-c2sc(-c3ccc(Br)cc3)nc2C)n[nH]c1=S. The molecule has 0 aliphatic carbocycles. The van der Waals surface area contributed by atoms with E-state index < -0.39 is 0 Å². The van der Waals surface area contributed by atoms with Gasteiger partial charge in [0.2, 0.25) is 0 Å². The van der Waals surface area contributed by atoms with Gasteiger partial charge in [0.25, 0.3) is 0 Å². The number of nitrogens with zero attached hydrogens (tertiary/aromatic N) is 3. The maximum atomic E-state index is 5.27. The molecule has 0 fully saturated rings. The topological polar surface area (TPSA) is 46.5 Å². The van der Waals surface area contributed by atoms with E-state index in [9.17, 15) is 0 Å². The van der Waals surface area contributed by atoms with Crippen molar-refractivity contribution in [3.8, 4) is 21.3 Å². The number of rotatable bonds is 4. The van der Waals surface area contributed by atoms with Crippen LogP contribution in [0.3, 0.4) is 0 Å². The lowest BCUT2D eigenvalue weighted by atomic mass is 10.2. The number of nitrogens with one attached hydrogen (secondary N) is 1. The summed E-state index contributed by atoms with van der Waals surface area (Å²) in [6.07, 6.45) is 1.81. The van der Waals surface area contributed by atoms with Crippen LogP contribution in [0.25, 0.3) is 21.3 Å². The smallest absolute Gasteiger partial charge is 0.195 e. The highest BCUT2D eigenvalue weighted by atomic mass is 79.9. The first-order valence-corrected chi connectivity index (χ1v) is 8.61. The Hall–Kier alpha value is -1.57. The van der Waals surface area contributed by atoms with E-state index in [0.717, 1.165) is 31.4 Å². The zero-order valence-corrected chi connectivity index (χ0v) is 15.1. The van der Waals surface area contributed by atoms with E-state index in [-0.39, 0.29) is 0 Å². The average Bonchev–Trinajstić information content (AvgIpc) is 3.04. The number of hydrogen-bond donors (Lipinski definition) is 1. The fraction of sp³-hybridized carbons (Fsp3) is 0.133. The highest BCUT2D eigenvalue weighted by molar-refractivity contribution is 9.10. The van der Waals surface area contributed by atoms with Gasteiger partial charge < -0.3 is 0 Å². The molecule has 1 aromatic carbocycles. The Bertz CT molecular complexity index is 874. The maximum absolute atomic E-state index is 5.27. The summed E-state index contributed by atoms with van der Waals surface area (Å²) >= 11 is 10.3. The molecule has 7 heteroatoms. The van der Waals surface area contributed by atoms with Crippen LogP contribution in [-0.4, -0.2) is 19.7 Å². The third-order valence-electron chi connectivity index (χ3n) is 3.16. The molecule has 0 unspecified atom stereocenters. The van der Waals surface area contributed by atoms with E-state index in [2.05, 4.69) is 37.7 Å². The lowest BCUT2D eigenvalue weighted by Crippen LogP contribution is -1.98. The van der Waals surface area contributed by atoms with Crippen LogP contribution in [0.4, 0.5) is 0 Å². The zero-order valence-electron chi connectivity index (χ0n) is 11.8. The maximum Gasteiger partial charge on any atom is 0.195 e. The number of aryl methyl sites for hydroxylation is 1. The van der Waals surface area contributed by atoms with Gasteiger partial charge >= 0.3 is 0 Å². The standard InChI is InChI=1S/C15H13BrN4S2/c1-3-8-20-13(18-19-15(20)21)12-9(2)17-14(22-12)10-4-6-11(16)7-5-10/h3-7H,1,8H2,2H3,(H,19,21). The van der Waals surface area contributed by atoms with Crippen LogP contribution in [0.15, 0.2) is 41.4 Å². The van der Waals surface area contributed by atoms with Crippen molar-refractivity contribution < 1.29 is 0 Å². The van der Waals surface area contributed by atoms with Gasteiger partial charge in [-0.25, -0.2) is 4.98 Å². The lowest BCUT2D eigenvalue weighted by molar-refractivity contribution is 0.814. The van der Waals surface area contributed by atoms with Crippen LogP contribution in [0.2, 0.25) is 0 Å². The fourth-order valence-corrected chi connectivity index (χ4v) is 3.65. The molecule has 0 atom stereocenters. The van der Waals surface area contributed by atoms with Crippen molar-refractivity contribution in [1.29, 1.82) is 0 Å². The number of thiazole rings is 1. The highest BCUT2D eigenvalue weighted by Crippen LogP contribution is 2.34. The third kappa shape index (κ3) is 2.84. The van der Waals surface area contributed by atoms with Crippen molar-refractivity contribution >= 4 is 39.5 Å². The van der Waals surface area contributed by atoms with Gasteiger partial charge in [-0.2, -0.15) is 5.10 Å². The van der Waals surface area contributed by atoms with Crippen molar-refractivity contribution in [3.63, 3.8) is 0 Å². The molecule has 0 amide bonds. The van der Waals surface area contributed by atoms with Gasteiger partial charge in [-0.05, 0) is 31.3 Å². The van der Waals surface area contributed by atoms with E-state index in [0.29, 0.717) is 11.3 Å². The number of benzene rings is 1. The molecule has 1 N–H and O–H groups in total. The fourth-order valence-electron chi connectivity index (χ4n) is 2.11. The van der Waals surface area contributed by atoms with Gasteiger partial charge in [0.1, 0.15) is 5.01 Å². The average molecular weight is 393 g/mol. The molecule has 3 rings (SSSR count). The molecule has 2 aromatic heterocycles. The summed E-state index contributed by atoms with van der Waals surface area (Å²) in [6, 6.07) is 8.12. The van der Waals surface area contributed by atoms with Crippen molar-refractivity contribution in [2.45, 2.75) is 13.5 Å². The minimum atomic E-state index is 0.591. The quantitative estimate of drug-likeness (QED) is 0.502. The van der Waals surface area contributed by atoms with Crippen LogP contribution < -0.4 is 0 Å². The molecule has 4 nitrogen and oxygen atoms in total. The predicted molar refractivity (Wildman–Crippen MR) is 96.6 cm³/mol. The second kappa shape index (κ2) is 6.28. The van der Waals surface area contributed by atoms with Gasteiger partial charge in [-0.3, -0.25) is 9.67 Å². The highest BCUT2D eigenvalue weighted by Gasteiger charge is 2.16. The minimum absolute atomic E-state index is 0.591.